The average Bonchev–Trinajstić information content (AvgIpc) is 2.32. The van der Waals surface area contributed by atoms with Crippen molar-refractivity contribution in [3.05, 3.63) is 0 Å². The molecule has 0 aromatic carbocycles. The van der Waals surface area contributed by atoms with Crippen LogP contribution in [0.15, 0.2) is 0 Å². The maximum absolute atomic E-state index is 11.4. The second kappa shape index (κ2) is 12.6. The van der Waals surface area contributed by atoms with E-state index in [0.717, 1.165) is 0 Å². The number of amides is 1. The minimum Gasteiger partial charge on any atom is -0.466 e. The molecule has 0 aliphatic heterocycles. The summed E-state index contributed by atoms with van der Waals surface area (Å²) in [7, 11) is 1.52. The van der Waals surface area contributed by atoms with Gasteiger partial charge in [0.05, 0.1) is 19.1 Å². The third-order valence-electron chi connectivity index (χ3n) is 2.19. The zero-order valence-corrected chi connectivity index (χ0v) is 11.8. The lowest BCUT2D eigenvalue weighted by Crippen LogP contribution is -2.32. The van der Waals surface area contributed by atoms with E-state index in [-0.39, 0.29) is 36.8 Å². The first-order valence-electron chi connectivity index (χ1n) is 5.79. The number of ether oxygens (including phenoxy) is 2. The van der Waals surface area contributed by atoms with Gasteiger partial charge in [0.25, 0.3) is 0 Å². The van der Waals surface area contributed by atoms with Gasteiger partial charge in [-0.2, -0.15) is 0 Å². The Balaban J connectivity index is 0. The summed E-state index contributed by atoms with van der Waals surface area (Å²) in [6.45, 7) is 2.92. The van der Waals surface area contributed by atoms with Gasteiger partial charge < -0.3 is 20.5 Å². The third kappa shape index (κ3) is 10.3. The molecule has 0 aliphatic carbocycles. The number of carbonyl (C=O) groups is 2. The molecule has 0 heterocycles. The summed E-state index contributed by atoms with van der Waals surface area (Å²) >= 11 is 0. The molecule has 6 nitrogen and oxygen atoms in total. The fourth-order valence-electron chi connectivity index (χ4n) is 1.24. The maximum Gasteiger partial charge on any atom is 0.305 e. The van der Waals surface area contributed by atoms with E-state index in [1.807, 2.05) is 0 Å². The van der Waals surface area contributed by atoms with E-state index in [2.05, 4.69) is 5.32 Å². The summed E-state index contributed by atoms with van der Waals surface area (Å²) in [6, 6.07) is 0. The summed E-state index contributed by atoms with van der Waals surface area (Å²) in [5, 5.41) is 2.70. The highest BCUT2D eigenvalue weighted by Crippen LogP contribution is 1.95. The van der Waals surface area contributed by atoms with Crippen LogP contribution in [-0.4, -0.2) is 44.8 Å². The van der Waals surface area contributed by atoms with E-state index >= 15 is 0 Å². The minimum absolute atomic E-state index is 0. The quantitative estimate of drug-likeness (QED) is 0.467. The van der Waals surface area contributed by atoms with Crippen LogP contribution in [-0.2, 0) is 19.1 Å². The summed E-state index contributed by atoms with van der Waals surface area (Å²) in [4.78, 5) is 22.4. The van der Waals surface area contributed by atoms with E-state index in [9.17, 15) is 9.59 Å². The zero-order chi connectivity index (χ0) is 13.1. The number of halogens is 1. The summed E-state index contributed by atoms with van der Waals surface area (Å²) in [5.74, 6) is -0.357. The number of carbonyl (C=O) groups excluding carboxylic acids is 2. The van der Waals surface area contributed by atoms with Crippen LogP contribution in [0.3, 0.4) is 0 Å². The van der Waals surface area contributed by atoms with Gasteiger partial charge in [-0.3, -0.25) is 9.59 Å². The first-order chi connectivity index (χ1) is 8.13. The molecule has 0 bridgehead atoms. The van der Waals surface area contributed by atoms with Crippen molar-refractivity contribution < 1.29 is 19.1 Å². The van der Waals surface area contributed by atoms with Crippen molar-refractivity contribution >= 4 is 24.3 Å². The number of nitrogens with one attached hydrogen (secondary N) is 1. The lowest BCUT2D eigenvalue weighted by atomic mass is 10.2. The van der Waals surface area contributed by atoms with Gasteiger partial charge in [-0.05, 0) is 13.3 Å². The molecule has 0 aromatic rings. The van der Waals surface area contributed by atoms with Crippen molar-refractivity contribution in [2.24, 2.45) is 5.73 Å². The van der Waals surface area contributed by atoms with Crippen molar-refractivity contribution in [1.29, 1.82) is 0 Å². The van der Waals surface area contributed by atoms with Crippen LogP contribution in [0.2, 0.25) is 0 Å². The minimum atomic E-state index is -0.250. The Bertz CT molecular complexity index is 235. The van der Waals surface area contributed by atoms with Crippen molar-refractivity contribution in [1.82, 2.24) is 5.32 Å². The summed E-state index contributed by atoms with van der Waals surface area (Å²) < 4.78 is 9.75. The van der Waals surface area contributed by atoms with E-state index in [1.165, 1.54) is 7.11 Å². The molecule has 0 aliphatic rings. The Morgan fingerprint density at radius 3 is 2.56 bits per heavy atom. The van der Waals surface area contributed by atoms with Crippen LogP contribution in [0, 0.1) is 0 Å². The molecule has 0 aromatic heterocycles. The average molecular weight is 283 g/mol. The smallest absolute Gasteiger partial charge is 0.305 e. The molecular formula is C11H23ClN2O4. The van der Waals surface area contributed by atoms with Crippen LogP contribution in [0.5, 0.6) is 0 Å². The Morgan fingerprint density at radius 2 is 2.06 bits per heavy atom. The molecule has 18 heavy (non-hydrogen) atoms. The van der Waals surface area contributed by atoms with Crippen molar-refractivity contribution in [3.63, 3.8) is 0 Å². The predicted molar refractivity (Wildman–Crippen MR) is 70.6 cm³/mol. The first-order valence-corrected chi connectivity index (χ1v) is 5.79. The fraction of sp³-hybridized carbons (Fsp3) is 0.818. The lowest BCUT2D eigenvalue weighted by Gasteiger charge is -2.12. The van der Waals surface area contributed by atoms with E-state index in [1.54, 1.807) is 6.92 Å². The van der Waals surface area contributed by atoms with Gasteiger partial charge in [0.1, 0.15) is 0 Å². The van der Waals surface area contributed by atoms with Crippen LogP contribution >= 0.6 is 12.4 Å². The Kier molecular flexibility index (Phi) is 13.6. The maximum atomic E-state index is 11.4. The SMILES string of the molecule is CCOC(=O)CCCNC(=O)CC(CN)OC.Cl. The van der Waals surface area contributed by atoms with Gasteiger partial charge in [-0.25, -0.2) is 0 Å². The molecule has 0 fully saturated rings. The monoisotopic (exact) mass is 282 g/mol. The van der Waals surface area contributed by atoms with Crippen molar-refractivity contribution in [3.8, 4) is 0 Å². The molecule has 0 rings (SSSR count). The molecule has 0 radical (unpaired) electrons. The zero-order valence-electron chi connectivity index (χ0n) is 10.9. The van der Waals surface area contributed by atoms with E-state index in [4.69, 9.17) is 15.2 Å². The molecule has 0 spiro atoms. The summed E-state index contributed by atoms with van der Waals surface area (Å²) in [5.41, 5.74) is 5.39. The van der Waals surface area contributed by atoms with Gasteiger partial charge >= 0.3 is 5.97 Å². The number of rotatable bonds is 9. The Hall–Kier alpha value is -0.850. The van der Waals surface area contributed by atoms with Crippen LogP contribution in [0.25, 0.3) is 0 Å². The van der Waals surface area contributed by atoms with Crippen LogP contribution in [0.4, 0.5) is 0 Å². The molecular weight excluding hydrogens is 260 g/mol. The molecule has 1 unspecified atom stereocenters. The predicted octanol–water partition coefficient (Wildman–Crippen LogP) is 0.232. The number of nitrogens with two attached hydrogens (primary N) is 1. The molecule has 0 saturated carbocycles. The largest absolute Gasteiger partial charge is 0.466 e. The normalized spacial score (nSPS) is 11.3. The second-order valence-corrected chi connectivity index (χ2v) is 3.56. The van der Waals surface area contributed by atoms with Gasteiger partial charge in [-0.1, -0.05) is 0 Å². The highest BCUT2D eigenvalue weighted by molar-refractivity contribution is 5.85. The van der Waals surface area contributed by atoms with Gasteiger partial charge in [0.15, 0.2) is 0 Å². The highest BCUT2D eigenvalue weighted by Gasteiger charge is 2.10. The van der Waals surface area contributed by atoms with Gasteiger partial charge in [-0.15, -0.1) is 12.4 Å². The molecule has 1 amide bonds. The number of methoxy groups -OCH3 is 1. The lowest BCUT2D eigenvalue weighted by molar-refractivity contribution is -0.143. The second-order valence-electron chi connectivity index (χ2n) is 3.56. The van der Waals surface area contributed by atoms with Crippen LogP contribution in [0.1, 0.15) is 26.2 Å². The van der Waals surface area contributed by atoms with E-state index < -0.39 is 0 Å². The standard InChI is InChI=1S/C11H22N2O4.ClH/c1-3-17-11(15)5-4-6-13-10(14)7-9(8-12)16-2;/h9H,3-8,12H2,1-2H3,(H,13,14);1H. The highest BCUT2D eigenvalue weighted by atomic mass is 35.5. The Labute approximate surface area is 114 Å². The Morgan fingerprint density at radius 1 is 1.39 bits per heavy atom. The number of hydrogen-bond acceptors (Lipinski definition) is 5. The molecule has 0 saturated heterocycles. The van der Waals surface area contributed by atoms with Gasteiger partial charge in [0.2, 0.25) is 5.91 Å². The summed E-state index contributed by atoms with van der Waals surface area (Å²) in [6.07, 6.45) is 0.885. The molecule has 108 valence electrons. The molecule has 1 atom stereocenters. The van der Waals surface area contributed by atoms with Crippen molar-refractivity contribution in [2.45, 2.75) is 32.3 Å². The number of hydrogen-bond donors (Lipinski definition) is 2. The first kappa shape index (κ1) is 19.5. The number of esters is 1. The van der Waals surface area contributed by atoms with E-state index in [0.29, 0.717) is 32.5 Å². The molecule has 7 heteroatoms. The third-order valence-corrected chi connectivity index (χ3v) is 2.19. The van der Waals surface area contributed by atoms with Crippen molar-refractivity contribution in [2.75, 3.05) is 26.8 Å². The van der Waals surface area contributed by atoms with Gasteiger partial charge in [0, 0.05) is 26.6 Å². The fourth-order valence-corrected chi connectivity index (χ4v) is 1.24. The molecule has 3 N–H and O–H groups in total. The van der Waals surface area contributed by atoms with Crippen LogP contribution < -0.4 is 11.1 Å². The topological polar surface area (TPSA) is 90.7 Å².